The molecule has 0 saturated heterocycles. The highest BCUT2D eigenvalue weighted by molar-refractivity contribution is 6.32. The maximum Gasteiger partial charge on any atom is 0.179 e. The minimum absolute atomic E-state index is 0.270. The summed E-state index contributed by atoms with van der Waals surface area (Å²) in [5.41, 5.74) is 1.08. The molecular formula is C17H28ClNO3. The van der Waals surface area contributed by atoms with Crippen molar-refractivity contribution in [2.75, 3.05) is 26.4 Å². The average Bonchev–Trinajstić information content (AvgIpc) is 2.50. The highest BCUT2D eigenvalue weighted by atomic mass is 35.5. The molecule has 0 atom stereocenters. The van der Waals surface area contributed by atoms with Crippen molar-refractivity contribution in [1.82, 2.24) is 5.32 Å². The number of aliphatic hydroxyl groups excluding tert-OH is 1. The molecule has 0 saturated carbocycles. The van der Waals surface area contributed by atoms with Gasteiger partial charge in [-0.05, 0) is 56.8 Å². The lowest BCUT2D eigenvalue weighted by atomic mass is 10.2. The van der Waals surface area contributed by atoms with Crippen LogP contribution in [0.1, 0.15) is 45.1 Å². The number of rotatable bonds is 12. The summed E-state index contributed by atoms with van der Waals surface area (Å²) in [4.78, 5) is 0. The monoisotopic (exact) mass is 329 g/mol. The van der Waals surface area contributed by atoms with E-state index in [2.05, 4.69) is 12.2 Å². The van der Waals surface area contributed by atoms with E-state index in [0.717, 1.165) is 44.3 Å². The Morgan fingerprint density at radius 2 is 1.95 bits per heavy atom. The van der Waals surface area contributed by atoms with Crippen molar-refractivity contribution in [2.24, 2.45) is 0 Å². The van der Waals surface area contributed by atoms with Gasteiger partial charge in [0.05, 0.1) is 18.2 Å². The van der Waals surface area contributed by atoms with Gasteiger partial charge in [-0.15, -0.1) is 0 Å². The van der Waals surface area contributed by atoms with Gasteiger partial charge in [0.25, 0.3) is 0 Å². The summed E-state index contributed by atoms with van der Waals surface area (Å²) in [7, 11) is 0. The van der Waals surface area contributed by atoms with E-state index in [0.29, 0.717) is 29.7 Å². The highest BCUT2D eigenvalue weighted by Gasteiger charge is 2.12. The molecule has 0 radical (unpaired) electrons. The van der Waals surface area contributed by atoms with Gasteiger partial charge < -0.3 is 19.9 Å². The number of unbranched alkanes of at least 4 members (excludes halogenated alkanes) is 2. The van der Waals surface area contributed by atoms with E-state index in [1.54, 1.807) is 0 Å². The molecule has 0 spiro atoms. The lowest BCUT2D eigenvalue weighted by molar-refractivity contribution is 0.276. The Bertz CT molecular complexity index is 427. The number of hydrogen-bond donors (Lipinski definition) is 2. The SMILES string of the molecule is CCCOc1c(Cl)cc(CNCCCCCO)cc1OCC. The molecule has 5 heteroatoms. The molecule has 0 aliphatic heterocycles. The van der Waals surface area contributed by atoms with E-state index in [4.69, 9.17) is 26.2 Å². The van der Waals surface area contributed by atoms with Crippen molar-refractivity contribution in [1.29, 1.82) is 0 Å². The maximum atomic E-state index is 8.74. The molecule has 0 aromatic heterocycles. The van der Waals surface area contributed by atoms with E-state index in [1.165, 1.54) is 0 Å². The van der Waals surface area contributed by atoms with Crippen molar-refractivity contribution in [3.8, 4) is 11.5 Å². The zero-order valence-electron chi connectivity index (χ0n) is 13.7. The molecule has 126 valence electrons. The van der Waals surface area contributed by atoms with Crippen molar-refractivity contribution < 1.29 is 14.6 Å². The summed E-state index contributed by atoms with van der Waals surface area (Å²) < 4.78 is 11.3. The van der Waals surface area contributed by atoms with Crippen LogP contribution in [-0.2, 0) is 6.54 Å². The molecule has 1 aromatic rings. The molecule has 0 bridgehead atoms. The van der Waals surface area contributed by atoms with Gasteiger partial charge >= 0.3 is 0 Å². The van der Waals surface area contributed by atoms with Crippen LogP contribution in [0, 0.1) is 0 Å². The minimum atomic E-state index is 0.270. The fourth-order valence-electron chi connectivity index (χ4n) is 2.10. The molecular weight excluding hydrogens is 302 g/mol. The van der Waals surface area contributed by atoms with Gasteiger partial charge in [-0.25, -0.2) is 0 Å². The van der Waals surface area contributed by atoms with Crippen LogP contribution in [0.25, 0.3) is 0 Å². The Balaban J connectivity index is 2.60. The van der Waals surface area contributed by atoms with Crippen LogP contribution in [0.2, 0.25) is 5.02 Å². The first kappa shape index (κ1) is 19.1. The first-order valence-corrected chi connectivity index (χ1v) is 8.50. The first-order chi connectivity index (χ1) is 10.7. The van der Waals surface area contributed by atoms with E-state index >= 15 is 0 Å². The highest BCUT2D eigenvalue weighted by Crippen LogP contribution is 2.36. The normalized spacial score (nSPS) is 10.7. The molecule has 22 heavy (non-hydrogen) atoms. The third-order valence-electron chi connectivity index (χ3n) is 3.16. The predicted octanol–water partition coefficient (Wildman–Crippen LogP) is 3.78. The van der Waals surface area contributed by atoms with E-state index in [9.17, 15) is 0 Å². The van der Waals surface area contributed by atoms with Crippen LogP contribution < -0.4 is 14.8 Å². The molecule has 0 heterocycles. The fourth-order valence-corrected chi connectivity index (χ4v) is 2.39. The smallest absolute Gasteiger partial charge is 0.179 e. The molecule has 2 N–H and O–H groups in total. The van der Waals surface area contributed by atoms with Crippen molar-refractivity contribution in [3.05, 3.63) is 22.7 Å². The molecule has 0 aliphatic carbocycles. The van der Waals surface area contributed by atoms with E-state index < -0.39 is 0 Å². The Labute approximate surface area is 138 Å². The quantitative estimate of drug-likeness (QED) is 0.573. The van der Waals surface area contributed by atoms with E-state index in [-0.39, 0.29) is 6.61 Å². The third kappa shape index (κ3) is 6.86. The molecule has 0 aliphatic rings. The Morgan fingerprint density at radius 1 is 1.14 bits per heavy atom. The van der Waals surface area contributed by atoms with Crippen LogP contribution >= 0.6 is 11.6 Å². The van der Waals surface area contributed by atoms with Gasteiger partial charge in [-0.3, -0.25) is 0 Å². The lowest BCUT2D eigenvalue weighted by Gasteiger charge is -2.15. The lowest BCUT2D eigenvalue weighted by Crippen LogP contribution is -2.15. The summed E-state index contributed by atoms with van der Waals surface area (Å²) in [5.74, 6) is 1.34. The van der Waals surface area contributed by atoms with Gasteiger partial charge in [0.2, 0.25) is 0 Å². The second-order valence-electron chi connectivity index (χ2n) is 5.15. The molecule has 0 amide bonds. The standard InChI is InChI=1S/C17H28ClNO3/c1-3-10-22-17-15(18)11-14(12-16(17)21-4-2)13-19-8-6-5-7-9-20/h11-12,19-20H,3-10,13H2,1-2H3. The van der Waals surface area contributed by atoms with E-state index in [1.807, 2.05) is 19.1 Å². The van der Waals surface area contributed by atoms with Crippen LogP contribution in [-0.4, -0.2) is 31.5 Å². The first-order valence-electron chi connectivity index (χ1n) is 8.12. The summed E-state index contributed by atoms with van der Waals surface area (Å²) in [5, 5.41) is 12.7. The Hall–Kier alpha value is -0.970. The van der Waals surface area contributed by atoms with Crippen LogP contribution in [0.15, 0.2) is 12.1 Å². The molecule has 4 nitrogen and oxygen atoms in total. The van der Waals surface area contributed by atoms with Gasteiger partial charge in [0.1, 0.15) is 0 Å². The van der Waals surface area contributed by atoms with Crippen LogP contribution in [0.5, 0.6) is 11.5 Å². The number of benzene rings is 1. The second kappa shape index (κ2) is 11.6. The summed E-state index contributed by atoms with van der Waals surface area (Å²) in [6.07, 6.45) is 3.90. The molecule has 0 unspecified atom stereocenters. The zero-order valence-corrected chi connectivity index (χ0v) is 14.4. The third-order valence-corrected chi connectivity index (χ3v) is 3.44. The Morgan fingerprint density at radius 3 is 2.64 bits per heavy atom. The maximum absolute atomic E-state index is 8.74. The fraction of sp³-hybridized carbons (Fsp3) is 0.647. The summed E-state index contributed by atoms with van der Waals surface area (Å²) in [6.45, 7) is 7.15. The van der Waals surface area contributed by atoms with Crippen molar-refractivity contribution in [3.63, 3.8) is 0 Å². The largest absolute Gasteiger partial charge is 0.490 e. The number of ether oxygens (including phenoxy) is 2. The number of nitrogens with one attached hydrogen (secondary N) is 1. The van der Waals surface area contributed by atoms with Gasteiger partial charge in [-0.2, -0.15) is 0 Å². The van der Waals surface area contributed by atoms with Crippen LogP contribution in [0.4, 0.5) is 0 Å². The number of halogens is 1. The van der Waals surface area contributed by atoms with Gasteiger partial charge in [-0.1, -0.05) is 18.5 Å². The number of aliphatic hydroxyl groups is 1. The van der Waals surface area contributed by atoms with Gasteiger partial charge in [0.15, 0.2) is 11.5 Å². The zero-order chi connectivity index (χ0) is 16.2. The Kier molecular flexibility index (Phi) is 10.0. The molecule has 0 fully saturated rings. The minimum Gasteiger partial charge on any atom is -0.490 e. The topological polar surface area (TPSA) is 50.7 Å². The predicted molar refractivity (Wildman–Crippen MR) is 91.1 cm³/mol. The van der Waals surface area contributed by atoms with Crippen LogP contribution in [0.3, 0.4) is 0 Å². The second-order valence-corrected chi connectivity index (χ2v) is 5.55. The average molecular weight is 330 g/mol. The van der Waals surface area contributed by atoms with Crippen molar-refractivity contribution >= 4 is 11.6 Å². The van der Waals surface area contributed by atoms with Crippen molar-refractivity contribution in [2.45, 2.75) is 46.1 Å². The van der Waals surface area contributed by atoms with Gasteiger partial charge in [0, 0.05) is 13.2 Å². The summed E-state index contributed by atoms with van der Waals surface area (Å²) >= 11 is 6.33. The molecule has 1 rings (SSSR count). The molecule has 1 aromatic carbocycles. The number of hydrogen-bond acceptors (Lipinski definition) is 4. The summed E-state index contributed by atoms with van der Waals surface area (Å²) in [6, 6.07) is 3.91.